The van der Waals surface area contributed by atoms with Crippen LogP contribution >= 0.6 is 0 Å². The minimum absolute atomic E-state index is 0.132. The lowest BCUT2D eigenvalue weighted by molar-refractivity contribution is 0.368. The topological polar surface area (TPSA) is 73.2 Å². The molecule has 6 nitrogen and oxygen atoms in total. The fourth-order valence-electron chi connectivity index (χ4n) is 1.93. The first-order valence-corrected chi connectivity index (χ1v) is 8.30. The van der Waals surface area contributed by atoms with Gasteiger partial charge in [-0.15, -0.1) is 0 Å². The fraction of sp³-hybridized carbons (Fsp3) is 0.750. The van der Waals surface area contributed by atoms with Gasteiger partial charge in [0.25, 0.3) is 0 Å². The zero-order chi connectivity index (χ0) is 14.6. The van der Waals surface area contributed by atoms with Gasteiger partial charge in [0.1, 0.15) is 9.84 Å². The van der Waals surface area contributed by atoms with Crippen molar-refractivity contribution in [1.29, 1.82) is 0 Å². The Morgan fingerprint density at radius 2 is 2.05 bits per heavy atom. The summed E-state index contributed by atoms with van der Waals surface area (Å²) in [5.74, 6) is 1.14. The van der Waals surface area contributed by atoms with Crippen molar-refractivity contribution in [2.75, 3.05) is 25.7 Å². The number of ether oxygens (including phenoxy) is 1. The van der Waals surface area contributed by atoms with Crippen LogP contribution in [0.1, 0.15) is 31.0 Å². The molecule has 0 saturated carbocycles. The van der Waals surface area contributed by atoms with E-state index in [1.54, 1.807) is 11.8 Å². The van der Waals surface area contributed by atoms with E-state index in [4.69, 9.17) is 4.74 Å². The van der Waals surface area contributed by atoms with E-state index < -0.39 is 9.84 Å². The van der Waals surface area contributed by atoms with Crippen molar-refractivity contribution in [2.24, 2.45) is 7.05 Å². The Kier molecular flexibility index (Phi) is 5.37. The zero-order valence-electron chi connectivity index (χ0n) is 12.2. The quantitative estimate of drug-likeness (QED) is 0.748. The summed E-state index contributed by atoms with van der Waals surface area (Å²) in [6.07, 6.45) is 1.24. The molecule has 0 amide bonds. The van der Waals surface area contributed by atoms with Crippen LogP contribution in [-0.4, -0.2) is 43.9 Å². The highest BCUT2D eigenvalue weighted by atomic mass is 32.2. The summed E-state index contributed by atoms with van der Waals surface area (Å²) in [5, 5.41) is 7.57. The van der Waals surface area contributed by atoms with Crippen molar-refractivity contribution in [1.82, 2.24) is 15.1 Å². The molecule has 1 aromatic rings. The van der Waals surface area contributed by atoms with Gasteiger partial charge in [0.05, 0.1) is 24.1 Å². The van der Waals surface area contributed by atoms with E-state index in [-0.39, 0.29) is 5.75 Å². The molecule has 0 aliphatic carbocycles. The first kappa shape index (κ1) is 16.0. The second-order valence-corrected chi connectivity index (χ2v) is 7.22. The number of sulfone groups is 1. The van der Waals surface area contributed by atoms with Gasteiger partial charge in [-0.25, -0.2) is 13.1 Å². The van der Waals surface area contributed by atoms with Gasteiger partial charge in [-0.05, 0) is 5.92 Å². The molecule has 0 unspecified atom stereocenters. The number of nitrogens with zero attached hydrogens (tertiary/aromatic N) is 2. The van der Waals surface area contributed by atoms with Gasteiger partial charge >= 0.3 is 0 Å². The molecule has 7 heteroatoms. The van der Waals surface area contributed by atoms with Crippen LogP contribution < -0.4 is 10.1 Å². The minimum Gasteiger partial charge on any atom is -0.481 e. The number of hydrogen-bond acceptors (Lipinski definition) is 5. The van der Waals surface area contributed by atoms with Crippen LogP contribution in [0.25, 0.3) is 0 Å². The summed E-state index contributed by atoms with van der Waals surface area (Å²) in [7, 11) is 0.520. The molecule has 19 heavy (non-hydrogen) atoms. The predicted molar refractivity (Wildman–Crippen MR) is 75.3 cm³/mol. The first-order valence-electron chi connectivity index (χ1n) is 6.24. The Balaban J connectivity index is 2.76. The summed E-state index contributed by atoms with van der Waals surface area (Å²) >= 11 is 0. The number of hydrogen-bond donors (Lipinski definition) is 1. The zero-order valence-corrected chi connectivity index (χ0v) is 13.0. The van der Waals surface area contributed by atoms with Gasteiger partial charge in [-0.2, -0.15) is 5.10 Å². The third-order valence-corrected chi connectivity index (χ3v) is 3.76. The van der Waals surface area contributed by atoms with E-state index in [9.17, 15) is 8.42 Å². The summed E-state index contributed by atoms with van der Waals surface area (Å²) in [4.78, 5) is 0. The molecule has 0 fully saturated rings. The highest BCUT2D eigenvalue weighted by Gasteiger charge is 2.18. The monoisotopic (exact) mass is 289 g/mol. The second kappa shape index (κ2) is 6.38. The molecule has 0 aliphatic rings. The minimum atomic E-state index is -2.93. The highest BCUT2D eigenvalue weighted by Crippen LogP contribution is 2.26. The van der Waals surface area contributed by atoms with E-state index in [0.717, 1.165) is 17.1 Å². The second-order valence-electron chi connectivity index (χ2n) is 4.96. The normalized spacial score (nSPS) is 12.1. The van der Waals surface area contributed by atoms with Crippen LogP contribution in [0.2, 0.25) is 0 Å². The lowest BCUT2D eigenvalue weighted by atomic mass is 10.1. The molecule has 0 bridgehead atoms. The molecule has 110 valence electrons. The van der Waals surface area contributed by atoms with Crippen molar-refractivity contribution >= 4 is 9.84 Å². The highest BCUT2D eigenvalue weighted by molar-refractivity contribution is 7.90. The molecule has 0 saturated heterocycles. The van der Waals surface area contributed by atoms with Crippen LogP contribution in [0.5, 0.6) is 5.88 Å². The van der Waals surface area contributed by atoms with E-state index >= 15 is 0 Å². The molecule has 1 N–H and O–H groups in total. The Bertz CT molecular complexity index is 521. The Morgan fingerprint density at radius 3 is 2.53 bits per heavy atom. The van der Waals surface area contributed by atoms with Crippen molar-refractivity contribution in [3.05, 3.63) is 11.3 Å². The van der Waals surface area contributed by atoms with E-state index in [1.807, 2.05) is 7.05 Å². The maximum absolute atomic E-state index is 11.1. The maximum Gasteiger partial charge on any atom is 0.216 e. The summed E-state index contributed by atoms with van der Waals surface area (Å²) in [5.41, 5.74) is 1.97. The summed E-state index contributed by atoms with van der Waals surface area (Å²) in [6.45, 7) is 5.12. The molecular weight excluding hydrogens is 266 g/mol. The average Bonchev–Trinajstić information content (AvgIpc) is 2.60. The Hall–Kier alpha value is -1.08. The number of methoxy groups -OCH3 is 1. The Morgan fingerprint density at radius 1 is 1.42 bits per heavy atom. The number of rotatable bonds is 7. The third-order valence-electron chi connectivity index (χ3n) is 2.81. The molecule has 0 aromatic carbocycles. The van der Waals surface area contributed by atoms with E-state index in [0.29, 0.717) is 19.0 Å². The average molecular weight is 289 g/mol. The van der Waals surface area contributed by atoms with Crippen LogP contribution in [-0.2, 0) is 23.4 Å². The standard InChI is InChI=1S/C12H23N3O3S/c1-9(2)11-10(12(18-4)15(3)14-11)8-13-6-7-19(5,16)17/h9,13H,6-8H2,1-5H3. The van der Waals surface area contributed by atoms with Crippen molar-refractivity contribution in [2.45, 2.75) is 26.3 Å². The number of aryl methyl sites for hydroxylation is 1. The van der Waals surface area contributed by atoms with Gasteiger partial charge in [0.2, 0.25) is 5.88 Å². The molecule has 0 spiro atoms. The van der Waals surface area contributed by atoms with Crippen molar-refractivity contribution in [3.8, 4) is 5.88 Å². The molecule has 0 radical (unpaired) electrons. The third kappa shape index (κ3) is 4.50. The van der Waals surface area contributed by atoms with Crippen LogP contribution in [0.4, 0.5) is 0 Å². The van der Waals surface area contributed by atoms with Crippen molar-refractivity contribution in [3.63, 3.8) is 0 Å². The molecule has 0 atom stereocenters. The van der Waals surface area contributed by atoms with Gasteiger partial charge < -0.3 is 10.1 Å². The molecule has 1 heterocycles. The summed E-state index contributed by atoms with van der Waals surface area (Å²) < 4.78 is 29.2. The SMILES string of the molecule is COc1c(CNCCS(C)(=O)=O)c(C(C)C)nn1C. The predicted octanol–water partition coefficient (Wildman–Crippen LogP) is 0.686. The van der Waals surface area contributed by atoms with Gasteiger partial charge in [0, 0.05) is 26.4 Å². The molecule has 0 aliphatic heterocycles. The number of aromatic nitrogens is 2. The van der Waals surface area contributed by atoms with E-state index in [1.165, 1.54) is 6.26 Å². The van der Waals surface area contributed by atoms with Crippen molar-refractivity contribution < 1.29 is 13.2 Å². The van der Waals surface area contributed by atoms with Gasteiger partial charge in [0.15, 0.2) is 0 Å². The molecule has 1 rings (SSSR count). The maximum atomic E-state index is 11.1. The van der Waals surface area contributed by atoms with Crippen LogP contribution in [0.3, 0.4) is 0 Å². The lowest BCUT2D eigenvalue weighted by Gasteiger charge is -2.08. The van der Waals surface area contributed by atoms with Crippen LogP contribution in [0.15, 0.2) is 0 Å². The van der Waals surface area contributed by atoms with Crippen LogP contribution in [0, 0.1) is 0 Å². The van der Waals surface area contributed by atoms with E-state index in [2.05, 4.69) is 24.3 Å². The molecule has 1 aromatic heterocycles. The fourth-order valence-corrected chi connectivity index (χ4v) is 2.44. The molecular formula is C12H23N3O3S. The van der Waals surface area contributed by atoms with Gasteiger partial charge in [-0.3, -0.25) is 0 Å². The number of nitrogens with one attached hydrogen (secondary N) is 1. The first-order chi connectivity index (χ1) is 8.76. The largest absolute Gasteiger partial charge is 0.481 e. The Labute approximate surface area is 115 Å². The smallest absolute Gasteiger partial charge is 0.216 e. The summed E-state index contributed by atoms with van der Waals surface area (Å²) in [6, 6.07) is 0. The lowest BCUT2D eigenvalue weighted by Crippen LogP contribution is -2.22. The van der Waals surface area contributed by atoms with Gasteiger partial charge in [-0.1, -0.05) is 13.8 Å².